The van der Waals surface area contributed by atoms with Crippen molar-refractivity contribution in [3.63, 3.8) is 0 Å². The van der Waals surface area contributed by atoms with Gasteiger partial charge < -0.3 is 5.32 Å². The average Bonchev–Trinajstić information content (AvgIpc) is 2.77. The molecule has 2 heterocycles. The third-order valence-corrected chi connectivity index (χ3v) is 4.30. The Balaban J connectivity index is 2.02. The van der Waals surface area contributed by atoms with Gasteiger partial charge in [0, 0.05) is 25.2 Å². The maximum Gasteiger partial charge on any atom is 0.141 e. The lowest BCUT2D eigenvalue weighted by atomic mass is 10.0. The fourth-order valence-electron chi connectivity index (χ4n) is 3.14. The molecule has 1 aromatic rings. The first kappa shape index (κ1) is 16.4. The van der Waals surface area contributed by atoms with Crippen LogP contribution in [0.1, 0.15) is 52.8 Å². The minimum atomic E-state index is 0.595. The zero-order valence-electron chi connectivity index (χ0n) is 14.0. The van der Waals surface area contributed by atoms with Crippen LogP contribution in [0.15, 0.2) is 6.33 Å². The Bertz CT molecular complexity index is 415. The molecule has 1 aromatic heterocycles. The van der Waals surface area contributed by atoms with Gasteiger partial charge in [-0.2, -0.15) is 5.10 Å². The monoisotopic (exact) mass is 293 g/mol. The van der Waals surface area contributed by atoms with Crippen LogP contribution >= 0.6 is 0 Å². The SMILES string of the molecule is CCCn1ncnc1CN1CC(CC(C)C)NCCC1C. The van der Waals surface area contributed by atoms with Crippen LogP contribution < -0.4 is 5.32 Å². The Labute approximate surface area is 129 Å². The van der Waals surface area contributed by atoms with Gasteiger partial charge in [0.15, 0.2) is 0 Å². The van der Waals surface area contributed by atoms with E-state index in [0.29, 0.717) is 12.1 Å². The van der Waals surface area contributed by atoms with Crippen molar-refractivity contribution in [3.05, 3.63) is 12.2 Å². The van der Waals surface area contributed by atoms with Crippen LogP contribution in [-0.2, 0) is 13.1 Å². The Kier molecular flexibility index (Phi) is 6.18. The molecule has 5 heteroatoms. The van der Waals surface area contributed by atoms with Crippen molar-refractivity contribution < 1.29 is 0 Å². The highest BCUT2D eigenvalue weighted by Gasteiger charge is 2.24. The fraction of sp³-hybridized carbons (Fsp3) is 0.875. The lowest BCUT2D eigenvalue weighted by Gasteiger charge is -2.29. The fourth-order valence-corrected chi connectivity index (χ4v) is 3.14. The lowest BCUT2D eigenvalue weighted by Crippen LogP contribution is -2.40. The summed E-state index contributed by atoms with van der Waals surface area (Å²) in [4.78, 5) is 7.04. The highest BCUT2D eigenvalue weighted by Crippen LogP contribution is 2.16. The van der Waals surface area contributed by atoms with E-state index in [-0.39, 0.29) is 0 Å². The molecule has 2 unspecified atom stereocenters. The molecule has 120 valence electrons. The number of nitrogens with one attached hydrogen (secondary N) is 1. The first-order valence-corrected chi connectivity index (χ1v) is 8.44. The summed E-state index contributed by atoms with van der Waals surface area (Å²) < 4.78 is 2.06. The molecule has 21 heavy (non-hydrogen) atoms. The first-order valence-electron chi connectivity index (χ1n) is 8.44. The molecular formula is C16H31N5. The van der Waals surface area contributed by atoms with E-state index >= 15 is 0 Å². The largest absolute Gasteiger partial charge is 0.313 e. The van der Waals surface area contributed by atoms with Crippen molar-refractivity contribution in [2.45, 2.75) is 72.1 Å². The second-order valence-corrected chi connectivity index (χ2v) is 6.75. The molecule has 1 aliphatic heterocycles. The second-order valence-electron chi connectivity index (χ2n) is 6.75. The van der Waals surface area contributed by atoms with E-state index in [2.05, 4.69) is 52.7 Å². The molecule has 1 aliphatic rings. The van der Waals surface area contributed by atoms with Gasteiger partial charge in [-0.1, -0.05) is 20.8 Å². The smallest absolute Gasteiger partial charge is 0.141 e. The Morgan fingerprint density at radius 2 is 2.24 bits per heavy atom. The van der Waals surface area contributed by atoms with Crippen LogP contribution in [0.25, 0.3) is 0 Å². The summed E-state index contributed by atoms with van der Waals surface area (Å²) in [6.07, 6.45) is 5.24. The maximum atomic E-state index is 4.47. The molecule has 1 fully saturated rings. The van der Waals surface area contributed by atoms with Crippen LogP contribution in [-0.4, -0.2) is 44.8 Å². The zero-order valence-corrected chi connectivity index (χ0v) is 14.0. The van der Waals surface area contributed by atoms with Gasteiger partial charge in [0.2, 0.25) is 0 Å². The van der Waals surface area contributed by atoms with E-state index in [0.717, 1.165) is 44.3 Å². The first-order chi connectivity index (χ1) is 10.1. The van der Waals surface area contributed by atoms with E-state index in [1.807, 2.05) is 0 Å². The molecule has 1 N–H and O–H groups in total. The predicted molar refractivity (Wildman–Crippen MR) is 86.0 cm³/mol. The van der Waals surface area contributed by atoms with Crippen LogP contribution in [0.3, 0.4) is 0 Å². The summed E-state index contributed by atoms with van der Waals surface area (Å²) >= 11 is 0. The number of hydrogen-bond acceptors (Lipinski definition) is 4. The summed E-state index contributed by atoms with van der Waals surface area (Å²) in [5.41, 5.74) is 0. The summed E-state index contributed by atoms with van der Waals surface area (Å²) in [5.74, 6) is 1.84. The van der Waals surface area contributed by atoms with Crippen molar-refractivity contribution in [1.82, 2.24) is 25.0 Å². The Morgan fingerprint density at radius 1 is 1.43 bits per heavy atom. The van der Waals surface area contributed by atoms with Gasteiger partial charge in [0.05, 0.1) is 6.54 Å². The van der Waals surface area contributed by atoms with Gasteiger partial charge in [0.1, 0.15) is 12.2 Å². The number of rotatable bonds is 6. The molecule has 5 nitrogen and oxygen atoms in total. The van der Waals surface area contributed by atoms with Crippen molar-refractivity contribution in [1.29, 1.82) is 0 Å². The molecule has 0 radical (unpaired) electrons. The molecule has 2 atom stereocenters. The van der Waals surface area contributed by atoms with Gasteiger partial charge in [-0.15, -0.1) is 0 Å². The second kappa shape index (κ2) is 7.90. The Hall–Kier alpha value is -0.940. The standard InChI is InChI=1S/C16H31N5/c1-5-8-21-16(18-12-19-21)11-20-10-15(9-13(2)3)17-7-6-14(20)4/h12-15,17H,5-11H2,1-4H3. The number of hydrogen-bond donors (Lipinski definition) is 1. The minimum Gasteiger partial charge on any atom is -0.313 e. The van der Waals surface area contributed by atoms with Crippen LogP contribution in [0, 0.1) is 5.92 Å². The highest BCUT2D eigenvalue weighted by atomic mass is 15.4. The van der Waals surface area contributed by atoms with E-state index in [1.165, 1.54) is 12.8 Å². The molecule has 0 spiro atoms. The van der Waals surface area contributed by atoms with Gasteiger partial charge in [-0.25, -0.2) is 9.67 Å². The topological polar surface area (TPSA) is 46.0 Å². The Morgan fingerprint density at radius 3 is 2.95 bits per heavy atom. The van der Waals surface area contributed by atoms with E-state index in [4.69, 9.17) is 0 Å². The third kappa shape index (κ3) is 4.78. The molecule has 0 bridgehead atoms. The van der Waals surface area contributed by atoms with Crippen molar-refractivity contribution >= 4 is 0 Å². The third-order valence-electron chi connectivity index (χ3n) is 4.30. The number of aromatic nitrogens is 3. The maximum absolute atomic E-state index is 4.47. The normalized spacial score (nSPS) is 24.4. The minimum absolute atomic E-state index is 0.595. The van der Waals surface area contributed by atoms with Crippen LogP contribution in [0.4, 0.5) is 0 Å². The molecular weight excluding hydrogens is 262 g/mol. The molecule has 2 rings (SSSR count). The summed E-state index contributed by atoms with van der Waals surface area (Å²) in [6, 6.07) is 1.19. The van der Waals surface area contributed by atoms with Crippen LogP contribution in [0.2, 0.25) is 0 Å². The quantitative estimate of drug-likeness (QED) is 0.874. The molecule has 0 aliphatic carbocycles. The van der Waals surface area contributed by atoms with E-state index in [1.54, 1.807) is 6.33 Å². The van der Waals surface area contributed by atoms with E-state index < -0.39 is 0 Å². The lowest BCUT2D eigenvalue weighted by molar-refractivity contribution is 0.182. The van der Waals surface area contributed by atoms with Gasteiger partial charge in [-0.3, -0.25) is 4.90 Å². The van der Waals surface area contributed by atoms with Crippen molar-refractivity contribution in [2.75, 3.05) is 13.1 Å². The number of nitrogens with zero attached hydrogens (tertiary/aromatic N) is 4. The average molecular weight is 293 g/mol. The highest BCUT2D eigenvalue weighted by molar-refractivity contribution is 4.89. The van der Waals surface area contributed by atoms with Gasteiger partial charge >= 0.3 is 0 Å². The van der Waals surface area contributed by atoms with Gasteiger partial charge in [0.25, 0.3) is 0 Å². The van der Waals surface area contributed by atoms with E-state index in [9.17, 15) is 0 Å². The molecule has 0 saturated carbocycles. The predicted octanol–water partition coefficient (Wildman–Crippen LogP) is 2.29. The van der Waals surface area contributed by atoms with Crippen LogP contribution in [0.5, 0.6) is 0 Å². The number of aryl methyl sites for hydroxylation is 1. The summed E-state index contributed by atoms with van der Waals surface area (Å²) in [6.45, 7) is 13.2. The van der Waals surface area contributed by atoms with Crippen molar-refractivity contribution in [3.8, 4) is 0 Å². The zero-order chi connectivity index (χ0) is 15.2. The van der Waals surface area contributed by atoms with Gasteiger partial charge in [-0.05, 0) is 38.6 Å². The summed E-state index contributed by atoms with van der Waals surface area (Å²) in [5, 5.41) is 8.06. The molecule has 0 amide bonds. The summed E-state index contributed by atoms with van der Waals surface area (Å²) in [7, 11) is 0. The molecule has 0 aromatic carbocycles. The van der Waals surface area contributed by atoms with Crippen molar-refractivity contribution in [2.24, 2.45) is 5.92 Å². The molecule has 1 saturated heterocycles.